The number of fused-ring (bicyclic) bond motifs is 1. The van der Waals surface area contributed by atoms with Crippen molar-refractivity contribution in [1.82, 2.24) is 5.32 Å². The Hall–Kier alpha value is -2.57. The van der Waals surface area contributed by atoms with Crippen molar-refractivity contribution in [3.8, 4) is 11.8 Å². The molecule has 0 saturated carbocycles. The number of amides is 1. The molecule has 0 saturated heterocycles. The predicted octanol–water partition coefficient (Wildman–Crippen LogP) is 2.24. The first kappa shape index (κ1) is 17.3. The maximum Gasteiger partial charge on any atom is 0.265 e. The van der Waals surface area contributed by atoms with Crippen molar-refractivity contribution in [1.29, 1.82) is 5.26 Å². The Bertz CT molecular complexity index is 982. The van der Waals surface area contributed by atoms with E-state index in [1.807, 2.05) is 6.07 Å². The molecule has 2 aromatic rings. The molecule has 0 spiro atoms. The highest BCUT2D eigenvalue weighted by molar-refractivity contribution is 9.10. The van der Waals surface area contributed by atoms with Gasteiger partial charge in [-0.25, -0.2) is 8.42 Å². The molecule has 0 aromatic heterocycles. The summed E-state index contributed by atoms with van der Waals surface area (Å²) in [4.78, 5) is 12.0. The minimum atomic E-state index is -4.00. The van der Waals surface area contributed by atoms with Crippen LogP contribution in [-0.2, 0) is 10.0 Å². The number of nitriles is 1. The third-order valence-corrected chi connectivity index (χ3v) is 5.30. The van der Waals surface area contributed by atoms with E-state index in [-0.39, 0.29) is 29.4 Å². The van der Waals surface area contributed by atoms with Gasteiger partial charge < -0.3 is 10.1 Å². The molecule has 128 valence electrons. The highest BCUT2D eigenvalue weighted by Crippen LogP contribution is 2.34. The molecule has 1 aliphatic heterocycles. The normalized spacial score (nSPS) is 13.7. The van der Waals surface area contributed by atoms with Crippen LogP contribution in [0.4, 0.5) is 5.69 Å². The monoisotopic (exact) mass is 421 g/mol. The Kier molecular flexibility index (Phi) is 4.65. The first-order valence-electron chi connectivity index (χ1n) is 7.18. The minimum Gasteiger partial charge on any atom is -0.489 e. The average Bonchev–Trinajstić information content (AvgIpc) is 2.76. The number of anilines is 1. The molecule has 0 aliphatic carbocycles. The fourth-order valence-electron chi connectivity index (χ4n) is 2.32. The molecule has 2 N–H and O–H groups in total. The van der Waals surface area contributed by atoms with Crippen molar-refractivity contribution in [3.05, 3.63) is 52.0 Å². The Morgan fingerprint density at radius 1 is 1.24 bits per heavy atom. The molecule has 0 bridgehead atoms. The Labute approximate surface area is 152 Å². The summed E-state index contributed by atoms with van der Waals surface area (Å²) in [5, 5.41) is 11.4. The Morgan fingerprint density at radius 3 is 2.64 bits per heavy atom. The van der Waals surface area contributed by atoms with Crippen LogP contribution in [0.25, 0.3) is 0 Å². The van der Waals surface area contributed by atoms with E-state index in [1.165, 1.54) is 36.4 Å². The lowest BCUT2D eigenvalue weighted by Gasteiger charge is -2.14. The summed E-state index contributed by atoms with van der Waals surface area (Å²) in [5.74, 6) is -0.386. The van der Waals surface area contributed by atoms with Gasteiger partial charge in [0, 0.05) is 10.2 Å². The number of ether oxygens (including phenoxy) is 1. The van der Waals surface area contributed by atoms with E-state index in [4.69, 9.17) is 10.00 Å². The molecule has 0 atom stereocenters. The van der Waals surface area contributed by atoms with Gasteiger partial charge in [0.1, 0.15) is 11.5 Å². The molecule has 1 aliphatic rings. The van der Waals surface area contributed by atoms with Gasteiger partial charge in [-0.15, -0.1) is 0 Å². The number of hydrogen-bond acceptors (Lipinski definition) is 5. The summed E-state index contributed by atoms with van der Waals surface area (Å²) in [6.07, 6.45) is 0. The van der Waals surface area contributed by atoms with Crippen LogP contribution in [0.3, 0.4) is 0 Å². The SMILES string of the molecule is N#Cc1ccc(NS(=O)(=O)c2cc(Br)cc3c2OCCNC3=O)cc1. The van der Waals surface area contributed by atoms with Crippen LogP contribution in [0.5, 0.6) is 5.75 Å². The van der Waals surface area contributed by atoms with Gasteiger partial charge >= 0.3 is 0 Å². The molecule has 2 aromatic carbocycles. The van der Waals surface area contributed by atoms with Crippen molar-refractivity contribution in [2.75, 3.05) is 17.9 Å². The molecule has 1 heterocycles. The number of carbonyl (C=O) groups is 1. The molecular weight excluding hydrogens is 410 g/mol. The minimum absolute atomic E-state index is 0.0133. The number of benzene rings is 2. The molecule has 0 fully saturated rings. The van der Waals surface area contributed by atoms with E-state index in [0.717, 1.165) is 0 Å². The van der Waals surface area contributed by atoms with Gasteiger partial charge in [0.05, 0.1) is 23.7 Å². The predicted molar refractivity (Wildman–Crippen MR) is 93.9 cm³/mol. The van der Waals surface area contributed by atoms with Crippen molar-refractivity contribution in [3.63, 3.8) is 0 Å². The molecule has 7 nitrogen and oxygen atoms in total. The van der Waals surface area contributed by atoms with Crippen molar-refractivity contribution in [2.24, 2.45) is 0 Å². The standard InChI is InChI=1S/C16H12BrN3O4S/c17-11-7-13-15(24-6-5-19-16(13)21)14(8-11)25(22,23)20-12-3-1-10(9-18)2-4-12/h1-4,7-8,20H,5-6H2,(H,19,21). The van der Waals surface area contributed by atoms with Crippen LogP contribution in [0.15, 0.2) is 45.8 Å². The zero-order chi connectivity index (χ0) is 18.0. The summed E-state index contributed by atoms with van der Waals surface area (Å²) >= 11 is 3.23. The van der Waals surface area contributed by atoms with Gasteiger partial charge in [-0.3, -0.25) is 9.52 Å². The number of rotatable bonds is 3. The first-order valence-corrected chi connectivity index (χ1v) is 9.46. The molecule has 3 rings (SSSR count). The Balaban J connectivity index is 2.05. The lowest BCUT2D eigenvalue weighted by atomic mass is 10.2. The van der Waals surface area contributed by atoms with Gasteiger partial charge in [0.2, 0.25) is 0 Å². The first-order chi connectivity index (χ1) is 11.9. The highest BCUT2D eigenvalue weighted by Gasteiger charge is 2.27. The Morgan fingerprint density at radius 2 is 1.96 bits per heavy atom. The number of nitrogens with zero attached hydrogens (tertiary/aromatic N) is 1. The quantitative estimate of drug-likeness (QED) is 0.789. The molecule has 9 heteroatoms. The maximum atomic E-state index is 12.8. The molecular formula is C16H12BrN3O4S. The number of nitrogens with one attached hydrogen (secondary N) is 2. The van der Waals surface area contributed by atoms with E-state index in [9.17, 15) is 13.2 Å². The van der Waals surface area contributed by atoms with E-state index < -0.39 is 15.9 Å². The van der Waals surface area contributed by atoms with Crippen LogP contribution < -0.4 is 14.8 Å². The molecule has 0 unspecified atom stereocenters. The molecule has 1 amide bonds. The van der Waals surface area contributed by atoms with Crippen molar-refractivity contribution < 1.29 is 17.9 Å². The fraction of sp³-hybridized carbons (Fsp3) is 0.125. The van der Waals surface area contributed by atoms with Gasteiger partial charge in [-0.05, 0) is 36.4 Å². The van der Waals surface area contributed by atoms with Crippen LogP contribution in [0.1, 0.15) is 15.9 Å². The molecule has 25 heavy (non-hydrogen) atoms. The second-order valence-corrected chi connectivity index (χ2v) is 7.75. The second kappa shape index (κ2) is 6.74. The van der Waals surface area contributed by atoms with Crippen molar-refractivity contribution >= 4 is 37.5 Å². The maximum absolute atomic E-state index is 12.8. The van der Waals surface area contributed by atoms with Crippen LogP contribution in [-0.4, -0.2) is 27.5 Å². The van der Waals surface area contributed by atoms with E-state index in [1.54, 1.807) is 0 Å². The smallest absolute Gasteiger partial charge is 0.265 e. The third kappa shape index (κ3) is 3.60. The van der Waals surface area contributed by atoms with Gasteiger partial charge in [0.15, 0.2) is 5.75 Å². The van der Waals surface area contributed by atoms with Gasteiger partial charge in [-0.1, -0.05) is 15.9 Å². The van der Waals surface area contributed by atoms with E-state index in [0.29, 0.717) is 15.7 Å². The van der Waals surface area contributed by atoms with Crippen LogP contribution in [0, 0.1) is 11.3 Å². The van der Waals surface area contributed by atoms with E-state index >= 15 is 0 Å². The summed E-state index contributed by atoms with van der Waals surface area (Å²) in [6, 6.07) is 10.8. The average molecular weight is 422 g/mol. The number of carbonyl (C=O) groups excluding carboxylic acids is 1. The lowest BCUT2D eigenvalue weighted by molar-refractivity contribution is 0.0957. The van der Waals surface area contributed by atoms with Crippen molar-refractivity contribution in [2.45, 2.75) is 4.90 Å². The van der Waals surface area contributed by atoms with Gasteiger partial charge in [0.25, 0.3) is 15.9 Å². The summed E-state index contributed by atoms with van der Waals surface area (Å²) in [6.45, 7) is 0.452. The van der Waals surface area contributed by atoms with Crippen LogP contribution >= 0.6 is 15.9 Å². The number of sulfonamides is 1. The highest BCUT2D eigenvalue weighted by atomic mass is 79.9. The zero-order valence-electron chi connectivity index (χ0n) is 12.7. The number of halogens is 1. The largest absolute Gasteiger partial charge is 0.489 e. The topological polar surface area (TPSA) is 108 Å². The third-order valence-electron chi connectivity index (χ3n) is 3.45. The summed E-state index contributed by atoms with van der Waals surface area (Å²) < 4.78 is 33.9. The summed E-state index contributed by atoms with van der Waals surface area (Å²) in [7, 11) is -4.00. The second-order valence-electron chi connectivity index (χ2n) is 5.18. The zero-order valence-corrected chi connectivity index (χ0v) is 15.1. The fourth-order valence-corrected chi connectivity index (χ4v) is 4.18. The van der Waals surface area contributed by atoms with E-state index in [2.05, 4.69) is 26.0 Å². The van der Waals surface area contributed by atoms with Crippen LogP contribution in [0.2, 0.25) is 0 Å². The molecule has 0 radical (unpaired) electrons. The number of hydrogen-bond donors (Lipinski definition) is 2. The lowest BCUT2D eigenvalue weighted by Crippen LogP contribution is -2.24. The summed E-state index contributed by atoms with van der Waals surface area (Å²) in [5.41, 5.74) is 0.858. The van der Waals surface area contributed by atoms with Gasteiger partial charge in [-0.2, -0.15) is 5.26 Å².